The zero-order valence-corrected chi connectivity index (χ0v) is 22.5. The van der Waals surface area contributed by atoms with Gasteiger partial charge in [-0.15, -0.1) is 0 Å². The predicted octanol–water partition coefficient (Wildman–Crippen LogP) is 2.72. The van der Waals surface area contributed by atoms with Crippen LogP contribution in [-0.2, 0) is 19.1 Å². The molecule has 3 aromatic rings. The number of aryl methyl sites for hydroxylation is 2. The quantitative estimate of drug-likeness (QED) is 0.187. The van der Waals surface area contributed by atoms with Crippen LogP contribution in [-0.4, -0.2) is 73.8 Å². The third-order valence-corrected chi connectivity index (χ3v) is 6.22. The van der Waals surface area contributed by atoms with Gasteiger partial charge in [0.1, 0.15) is 11.8 Å². The molecule has 1 aliphatic rings. The Balaban J connectivity index is 1.53. The number of nitrogens with one attached hydrogen (secondary N) is 2. The summed E-state index contributed by atoms with van der Waals surface area (Å²) in [6, 6.07) is 4.51. The van der Waals surface area contributed by atoms with E-state index in [1.165, 1.54) is 6.33 Å². The number of aliphatic carboxylic acids is 1. The lowest BCUT2D eigenvalue weighted by molar-refractivity contribution is -0.146. The third-order valence-electron chi connectivity index (χ3n) is 6.22. The van der Waals surface area contributed by atoms with Crippen molar-refractivity contribution >= 4 is 46.9 Å². The summed E-state index contributed by atoms with van der Waals surface area (Å²) in [6.07, 6.45) is 4.41. The van der Waals surface area contributed by atoms with Crippen LogP contribution >= 0.6 is 0 Å². The Hall–Kier alpha value is -5.27. The van der Waals surface area contributed by atoms with Gasteiger partial charge in [-0.3, -0.25) is 9.59 Å². The number of carboxylic acid groups (broad SMARTS) is 1. The molecule has 2 aromatic heterocycles. The molecule has 41 heavy (non-hydrogen) atoms. The van der Waals surface area contributed by atoms with E-state index in [9.17, 15) is 24.0 Å². The fraction of sp³-hybridized carbons (Fsp3) is 0.296. The molecule has 3 N–H and O–H groups in total. The number of rotatable bonds is 10. The molecule has 0 unspecified atom stereocenters. The van der Waals surface area contributed by atoms with Gasteiger partial charge in [0.15, 0.2) is 5.82 Å². The van der Waals surface area contributed by atoms with Crippen LogP contribution in [0.2, 0.25) is 0 Å². The first-order valence-electron chi connectivity index (χ1n) is 12.7. The smallest absolute Gasteiger partial charge is 0.419 e. The van der Waals surface area contributed by atoms with Gasteiger partial charge in [-0.25, -0.2) is 28.8 Å². The van der Waals surface area contributed by atoms with E-state index in [0.29, 0.717) is 59.7 Å². The number of imide groups is 1. The van der Waals surface area contributed by atoms with Crippen LogP contribution in [0.4, 0.5) is 16.3 Å². The maximum absolute atomic E-state index is 13.4. The molecule has 0 aliphatic heterocycles. The highest BCUT2D eigenvalue weighted by atomic mass is 16.7. The van der Waals surface area contributed by atoms with E-state index >= 15 is 0 Å². The minimum Gasteiger partial charge on any atom is -0.478 e. The van der Waals surface area contributed by atoms with Crippen LogP contribution < -0.4 is 10.6 Å². The number of carboxylic acids is 1. The number of hydrogen-bond donors (Lipinski definition) is 3. The molecule has 14 heteroatoms. The van der Waals surface area contributed by atoms with E-state index in [-0.39, 0.29) is 17.5 Å². The molecule has 214 valence electrons. The molecule has 0 atom stereocenters. The number of fused-ring (bicyclic) bond motifs is 1. The number of carbonyl (C=O) groups excluding carboxylic acids is 4. The zero-order chi connectivity index (χ0) is 29.7. The molecule has 2 heterocycles. The van der Waals surface area contributed by atoms with Crippen molar-refractivity contribution < 1.29 is 38.6 Å². The van der Waals surface area contributed by atoms with Gasteiger partial charge in [0, 0.05) is 42.2 Å². The standard InChI is InChI=1S/C27H28N6O8/c1-4-28-25(37)19-12-32-23(16(19)3)24(29-13-30-32)31-20-11-17(6-5-15(20)2)26(38)33(18-7-8-18)27(39)41-14-40-22(36)10-9-21(34)35/h5-6,9-13,18H,4,7-8,14H2,1-3H3,(H,28,37)(H,34,35)(H,29,30,31)/b10-9+. The predicted molar refractivity (Wildman–Crippen MR) is 144 cm³/mol. The van der Waals surface area contributed by atoms with Gasteiger partial charge in [0.25, 0.3) is 11.8 Å². The molecule has 1 aliphatic carbocycles. The summed E-state index contributed by atoms with van der Waals surface area (Å²) >= 11 is 0. The minimum absolute atomic E-state index is 0.198. The summed E-state index contributed by atoms with van der Waals surface area (Å²) in [6.45, 7) is 5.13. The molecule has 14 nitrogen and oxygen atoms in total. The highest BCUT2D eigenvalue weighted by molar-refractivity contribution is 6.04. The van der Waals surface area contributed by atoms with Crippen LogP contribution in [0.15, 0.2) is 42.9 Å². The van der Waals surface area contributed by atoms with Crippen molar-refractivity contribution in [3.05, 3.63) is 65.1 Å². The molecule has 0 spiro atoms. The first kappa shape index (κ1) is 28.7. The number of benzene rings is 1. The second kappa shape index (κ2) is 12.3. The molecule has 1 aromatic carbocycles. The number of anilines is 2. The number of amides is 3. The molecule has 0 bridgehead atoms. The van der Waals surface area contributed by atoms with Crippen LogP contribution in [0, 0.1) is 13.8 Å². The van der Waals surface area contributed by atoms with Crippen molar-refractivity contribution in [1.82, 2.24) is 24.8 Å². The number of hydrogen-bond acceptors (Lipinski definition) is 10. The fourth-order valence-corrected chi connectivity index (χ4v) is 4.02. The maximum Gasteiger partial charge on any atom is 0.419 e. The van der Waals surface area contributed by atoms with Crippen molar-refractivity contribution in [3.8, 4) is 0 Å². The Morgan fingerprint density at radius 1 is 1.15 bits per heavy atom. The Morgan fingerprint density at radius 2 is 1.90 bits per heavy atom. The largest absolute Gasteiger partial charge is 0.478 e. The summed E-state index contributed by atoms with van der Waals surface area (Å²) in [7, 11) is 0. The number of ether oxygens (including phenoxy) is 2. The molecule has 4 rings (SSSR count). The van der Waals surface area contributed by atoms with Crippen LogP contribution in [0.3, 0.4) is 0 Å². The van der Waals surface area contributed by atoms with Gasteiger partial charge in [-0.05, 0) is 56.9 Å². The highest BCUT2D eigenvalue weighted by Crippen LogP contribution is 2.31. The maximum atomic E-state index is 13.4. The normalized spacial score (nSPS) is 12.7. The Kier molecular flexibility index (Phi) is 8.60. The van der Waals surface area contributed by atoms with E-state index in [1.807, 2.05) is 13.8 Å². The van der Waals surface area contributed by atoms with Gasteiger partial charge in [0.05, 0.1) is 5.56 Å². The minimum atomic E-state index is -1.34. The first-order chi connectivity index (χ1) is 19.6. The lowest BCUT2D eigenvalue weighted by Crippen LogP contribution is -2.39. The third kappa shape index (κ3) is 6.66. The fourth-order valence-electron chi connectivity index (χ4n) is 4.02. The van der Waals surface area contributed by atoms with Gasteiger partial charge in [-0.1, -0.05) is 6.07 Å². The average molecular weight is 565 g/mol. The summed E-state index contributed by atoms with van der Waals surface area (Å²) in [4.78, 5) is 65.9. The van der Waals surface area contributed by atoms with Crippen molar-refractivity contribution in [3.63, 3.8) is 0 Å². The van der Waals surface area contributed by atoms with E-state index in [1.54, 1.807) is 35.8 Å². The van der Waals surface area contributed by atoms with Gasteiger partial charge < -0.3 is 25.2 Å². The van der Waals surface area contributed by atoms with Gasteiger partial charge in [-0.2, -0.15) is 5.10 Å². The Morgan fingerprint density at radius 3 is 2.59 bits per heavy atom. The molecule has 3 amide bonds. The average Bonchev–Trinajstić information content (AvgIpc) is 3.70. The van der Waals surface area contributed by atoms with E-state index < -0.39 is 30.7 Å². The zero-order valence-electron chi connectivity index (χ0n) is 22.5. The summed E-state index contributed by atoms with van der Waals surface area (Å²) in [5, 5.41) is 18.8. The van der Waals surface area contributed by atoms with Crippen LogP contribution in [0.25, 0.3) is 5.52 Å². The summed E-state index contributed by atoms with van der Waals surface area (Å²) in [5.74, 6) is -2.79. The molecule has 1 saturated carbocycles. The topological polar surface area (TPSA) is 182 Å². The Bertz CT molecular complexity index is 1560. The van der Waals surface area contributed by atoms with Crippen molar-refractivity contribution in [1.29, 1.82) is 0 Å². The molecule has 0 saturated heterocycles. The number of nitrogens with zero attached hydrogens (tertiary/aromatic N) is 4. The molecular formula is C27H28N6O8. The SMILES string of the molecule is CCNC(=O)c1cn2ncnc(Nc3cc(C(=O)N(C(=O)OCOC(=O)/C=C/C(=O)O)C4CC4)ccc3C)c2c1C. The lowest BCUT2D eigenvalue weighted by atomic mass is 10.1. The molecule has 1 fully saturated rings. The second-order valence-corrected chi connectivity index (χ2v) is 9.15. The van der Waals surface area contributed by atoms with Gasteiger partial charge in [0.2, 0.25) is 6.79 Å². The first-order valence-corrected chi connectivity index (χ1v) is 12.7. The van der Waals surface area contributed by atoms with Crippen LogP contribution in [0.5, 0.6) is 0 Å². The number of carbonyl (C=O) groups is 5. The van der Waals surface area contributed by atoms with Crippen molar-refractivity contribution in [2.45, 2.75) is 39.7 Å². The molecular weight excluding hydrogens is 536 g/mol. The summed E-state index contributed by atoms with van der Waals surface area (Å²) < 4.78 is 11.2. The monoisotopic (exact) mass is 564 g/mol. The molecule has 0 radical (unpaired) electrons. The Labute approximate surface area is 233 Å². The van der Waals surface area contributed by atoms with Gasteiger partial charge >= 0.3 is 18.0 Å². The number of esters is 1. The second-order valence-electron chi connectivity index (χ2n) is 9.15. The van der Waals surface area contributed by atoms with E-state index in [2.05, 4.69) is 25.5 Å². The van der Waals surface area contributed by atoms with E-state index in [0.717, 1.165) is 10.5 Å². The van der Waals surface area contributed by atoms with Crippen molar-refractivity contribution in [2.75, 3.05) is 18.7 Å². The van der Waals surface area contributed by atoms with Crippen molar-refractivity contribution in [2.24, 2.45) is 0 Å². The highest BCUT2D eigenvalue weighted by Gasteiger charge is 2.39. The summed E-state index contributed by atoms with van der Waals surface area (Å²) in [5.41, 5.74) is 3.24. The van der Waals surface area contributed by atoms with E-state index in [4.69, 9.17) is 9.84 Å². The van der Waals surface area contributed by atoms with Crippen LogP contribution in [0.1, 0.15) is 51.6 Å². The number of aromatic nitrogens is 3. The lowest BCUT2D eigenvalue weighted by Gasteiger charge is -2.20.